The van der Waals surface area contributed by atoms with Crippen molar-refractivity contribution in [2.75, 3.05) is 18.5 Å². The highest BCUT2D eigenvalue weighted by Crippen LogP contribution is 2.32. The summed E-state index contributed by atoms with van der Waals surface area (Å²) >= 11 is 0. The lowest BCUT2D eigenvalue weighted by Crippen LogP contribution is -2.05. The number of phenols is 1. The quantitative estimate of drug-likeness (QED) is 0.577. The van der Waals surface area contributed by atoms with E-state index in [0.717, 1.165) is 5.56 Å². The molecule has 0 heterocycles. The monoisotopic (exact) mass is 272 g/mol. The summed E-state index contributed by atoms with van der Waals surface area (Å²) in [6.07, 6.45) is 6.21. The van der Waals surface area contributed by atoms with Crippen LogP contribution in [0.25, 0.3) is 0 Å². The van der Waals surface area contributed by atoms with Crippen LogP contribution in [0.15, 0.2) is 41.4 Å². The molecule has 0 aromatic heterocycles. The third-order valence-corrected chi connectivity index (χ3v) is 2.83. The Bertz CT molecular complexity index is 598. The number of aliphatic hydroxyl groups excluding tert-OH is 1. The van der Waals surface area contributed by atoms with Crippen LogP contribution < -0.4 is 5.32 Å². The van der Waals surface area contributed by atoms with E-state index in [1.807, 2.05) is 6.92 Å². The van der Waals surface area contributed by atoms with Crippen LogP contribution in [-0.4, -0.2) is 34.9 Å². The van der Waals surface area contributed by atoms with Gasteiger partial charge in [0, 0.05) is 6.54 Å². The summed E-state index contributed by atoms with van der Waals surface area (Å²) in [6.45, 7) is 2.17. The number of aliphatic imine (C=N–C) groups is 1. The SMILES string of the molecule is Cc1cc(O)c(NCCO)cc1N=C1C=CC(=O)C=C1. The Balaban J connectivity index is 2.32. The zero-order valence-electron chi connectivity index (χ0n) is 11.1. The summed E-state index contributed by atoms with van der Waals surface area (Å²) in [5, 5.41) is 21.5. The topological polar surface area (TPSA) is 81.9 Å². The van der Waals surface area contributed by atoms with Gasteiger partial charge in [0.25, 0.3) is 0 Å². The summed E-state index contributed by atoms with van der Waals surface area (Å²) in [4.78, 5) is 15.5. The molecule has 1 aromatic carbocycles. The maximum absolute atomic E-state index is 11.0. The highest BCUT2D eigenvalue weighted by Gasteiger charge is 2.07. The molecule has 1 aliphatic rings. The predicted molar refractivity (Wildman–Crippen MR) is 78.8 cm³/mol. The molecule has 0 spiro atoms. The molecule has 5 nitrogen and oxygen atoms in total. The Labute approximate surface area is 117 Å². The molecule has 20 heavy (non-hydrogen) atoms. The first kappa shape index (κ1) is 14.0. The maximum atomic E-state index is 11.0. The van der Waals surface area contributed by atoms with Crippen molar-refractivity contribution >= 4 is 22.9 Å². The van der Waals surface area contributed by atoms with Gasteiger partial charge in [-0.3, -0.25) is 4.79 Å². The maximum Gasteiger partial charge on any atom is 0.178 e. The van der Waals surface area contributed by atoms with E-state index < -0.39 is 0 Å². The molecule has 0 atom stereocenters. The van der Waals surface area contributed by atoms with E-state index in [0.29, 0.717) is 23.6 Å². The predicted octanol–water partition coefficient (Wildman–Crippen LogP) is 1.87. The highest BCUT2D eigenvalue weighted by atomic mass is 16.3. The van der Waals surface area contributed by atoms with Crippen LogP contribution in [0.3, 0.4) is 0 Å². The number of nitrogens with one attached hydrogen (secondary N) is 1. The molecule has 2 rings (SSSR count). The third kappa shape index (κ3) is 3.33. The van der Waals surface area contributed by atoms with Gasteiger partial charge in [-0.2, -0.15) is 0 Å². The standard InChI is InChI=1S/C15H16N2O3/c1-10-8-15(20)14(16-6-7-18)9-13(10)17-11-2-4-12(19)5-3-11/h2-5,8-9,16,18,20H,6-7H2,1H3. The number of carbonyl (C=O) groups excluding carboxylic acids is 1. The molecule has 0 aliphatic heterocycles. The Kier molecular flexibility index (Phi) is 4.32. The second kappa shape index (κ2) is 6.16. The van der Waals surface area contributed by atoms with E-state index in [1.165, 1.54) is 12.2 Å². The van der Waals surface area contributed by atoms with Crippen molar-refractivity contribution in [3.8, 4) is 5.75 Å². The van der Waals surface area contributed by atoms with E-state index in [2.05, 4.69) is 10.3 Å². The van der Waals surface area contributed by atoms with E-state index >= 15 is 0 Å². The van der Waals surface area contributed by atoms with E-state index in [4.69, 9.17) is 5.11 Å². The van der Waals surface area contributed by atoms with Gasteiger partial charge in [0.15, 0.2) is 5.78 Å². The number of phenolic OH excluding ortho intramolecular Hbond substituents is 1. The zero-order chi connectivity index (χ0) is 14.5. The number of nitrogens with zero attached hydrogens (tertiary/aromatic N) is 1. The van der Waals surface area contributed by atoms with E-state index in [1.54, 1.807) is 24.3 Å². The van der Waals surface area contributed by atoms with Crippen molar-refractivity contribution in [3.05, 3.63) is 42.0 Å². The molecule has 0 saturated heterocycles. The normalized spacial score (nSPS) is 13.7. The number of allylic oxidation sites excluding steroid dienone is 4. The van der Waals surface area contributed by atoms with Crippen molar-refractivity contribution in [3.63, 3.8) is 0 Å². The lowest BCUT2D eigenvalue weighted by Gasteiger charge is -2.10. The molecule has 0 bridgehead atoms. The Morgan fingerprint density at radius 2 is 1.90 bits per heavy atom. The highest BCUT2D eigenvalue weighted by molar-refractivity contribution is 6.17. The minimum Gasteiger partial charge on any atom is -0.506 e. The smallest absolute Gasteiger partial charge is 0.178 e. The summed E-state index contributed by atoms with van der Waals surface area (Å²) < 4.78 is 0. The van der Waals surface area contributed by atoms with Gasteiger partial charge in [-0.1, -0.05) is 0 Å². The minimum atomic E-state index is -0.0586. The Morgan fingerprint density at radius 1 is 1.20 bits per heavy atom. The number of hydrogen-bond donors (Lipinski definition) is 3. The molecular formula is C15H16N2O3. The van der Waals surface area contributed by atoms with Gasteiger partial charge in [0.2, 0.25) is 0 Å². The molecule has 1 aromatic rings. The Hall–Kier alpha value is -2.40. The van der Waals surface area contributed by atoms with Gasteiger partial charge in [-0.05, 0) is 48.9 Å². The molecule has 3 N–H and O–H groups in total. The molecule has 104 valence electrons. The number of aliphatic hydroxyl groups is 1. The van der Waals surface area contributed by atoms with Crippen LogP contribution in [0.2, 0.25) is 0 Å². The number of anilines is 1. The van der Waals surface area contributed by atoms with Gasteiger partial charge < -0.3 is 15.5 Å². The summed E-state index contributed by atoms with van der Waals surface area (Å²) in [7, 11) is 0. The van der Waals surface area contributed by atoms with Crippen LogP contribution in [0.4, 0.5) is 11.4 Å². The molecule has 5 heteroatoms. The van der Waals surface area contributed by atoms with Crippen LogP contribution >= 0.6 is 0 Å². The van der Waals surface area contributed by atoms with Gasteiger partial charge in [0.1, 0.15) is 5.75 Å². The van der Waals surface area contributed by atoms with Crippen molar-refractivity contribution in [2.24, 2.45) is 4.99 Å². The molecular weight excluding hydrogens is 256 g/mol. The van der Waals surface area contributed by atoms with Crippen LogP contribution in [0.5, 0.6) is 5.75 Å². The summed E-state index contributed by atoms with van der Waals surface area (Å²) in [5.41, 5.74) is 2.71. The fourth-order valence-electron chi connectivity index (χ4n) is 1.79. The molecule has 0 saturated carbocycles. The molecule has 1 aliphatic carbocycles. The number of carbonyl (C=O) groups is 1. The molecule has 0 radical (unpaired) electrons. The second-order valence-electron chi connectivity index (χ2n) is 4.41. The van der Waals surface area contributed by atoms with Crippen LogP contribution in [0, 0.1) is 6.92 Å². The van der Waals surface area contributed by atoms with Crippen molar-refractivity contribution in [2.45, 2.75) is 6.92 Å². The summed E-state index contributed by atoms with van der Waals surface area (Å²) in [6, 6.07) is 3.33. The van der Waals surface area contributed by atoms with Gasteiger partial charge in [0.05, 0.1) is 23.7 Å². The second-order valence-corrected chi connectivity index (χ2v) is 4.41. The van der Waals surface area contributed by atoms with Crippen molar-refractivity contribution in [1.29, 1.82) is 0 Å². The van der Waals surface area contributed by atoms with Crippen molar-refractivity contribution < 1.29 is 15.0 Å². The molecule has 0 unspecified atom stereocenters. The fraction of sp³-hybridized carbons (Fsp3) is 0.200. The third-order valence-electron chi connectivity index (χ3n) is 2.83. The van der Waals surface area contributed by atoms with E-state index in [-0.39, 0.29) is 18.1 Å². The van der Waals surface area contributed by atoms with E-state index in [9.17, 15) is 9.90 Å². The van der Waals surface area contributed by atoms with Crippen LogP contribution in [-0.2, 0) is 4.79 Å². The lowest BCUT2D eigenvalue weighted by atomic mass is 10.1. The van der Waals surface area contributed by atoms with Gasteiger partial charge in [-0.25, -0.2) is 4.99 Å². The summed E-state index contributed by atoms with van der Waals surface area (Å²) in [5.74, 6) is 0.0569. The van der Waals surface area contributed by atoms with Crippen LogP contribution in [0.1, 0.15) is 5.56 Å². The Morgan fingerprint density at radius 3 is 2.55 bits per heavy atom. The van der Waals surface area contributed by atoms with Crippen molar-refractivity contribution in [1.82, 2.24) is 0 Å². The number of hydrogen-bond acceptors (Lipinski definition) is 5. The molecule has 0 amide bonds. The average molecular weight is 272 g/mol. The number of benzene rings is 1. The average Bonchev–Trinajstić information content (AvgIpc) is 2.43. The lowest BCUT2D eigenvalue weighted by molar-refractivity contribution is -0.110. The first-order chi connectivity index (χ1) is 9.60. The number of aromatic hydroxyl groups is 1. The molecule has 0 fully saturated rings. The first-order valence-corrected chi connectivity index (χ1v) is 6.27. The number of ketones is 1. The number of rotatable bonds is 4. The zero-order valence-corrected chi connectivity index (χ0v) is 11.1. The first-order valence-electron chi connectivity index (χ1n) is 6.27. The van der Waals surface area contributed by atoms with Gasteiger partial charge >= 0.3 is 0 Å². The van der Waals surface area contributed by atoms with Gasteiger partial charge in [-0.15, -0.1) is 0 Å². The number of aryl methyl sites for hydroxylation is 1. The largest absolute Gasteiger partial charge is 0.506 e. The minimum absolute atomic E-state index is 0.0231. The fourth-order valence-corrected chi connectivity index (χ4v) is 1.79.